The van der Waals surface area contributed by atoms with E-state index in [0.29, 0.717) is 30.4 Å². The molecule has 3 aromatic heterocycles. The van der Waals surface area contributed by atoms with Crippen molar-refractivity contribution in [2.24, 2.45) is 7.05 Å². The van der Waals surface area contributed by atoms with Gasteiger partial charge >= 0.3 is 6.03 Å². The number of fused-ring (bicyclic) bond motifs is 2. The standard InChI is InChI=1S/C24H25N7O3/c1-14-10-22(28-29(14)4)27-24(33)30-8-7-17-11-18(5-6-21(17)30)34-23-19-9-15(2)31(16(3)32)12-20(19)25-13-26-23/h5-8,10-11,13,15H,9,12H2,1-4H3,(H,27,28,33)/t15-/m0/s1. The molecule has 10 nitrogen and oxygen atoms in total. The van der Waals surface area contributed by atoms with Gasteiger partial charge in [0.15, 0.2) is 5.82 Å². The second-order valence-corrected chi connectivity index (χ2v) is 8.54. The topological polar surface area (TPSA) is 107 Å². The third-order valence-electron chi connectivity index (χ3n) is 6.20. The summed E-state index contributed by atoms with van der Waals surface area (Å²) in [5.41, 5.74) is 3.40. The molecule has 1 aliphatic rings. The molecule has 0 spiro atoms. The normalized spacial score (nSPS) is 15.3. The summed E-state index contributed by atoms with van der Waals surface area (Å²) < 4.78 is 9.37. The van der Waals surface area contributed by atoms with Gasteiger partial charge in [-0.15, -0.1) is 0 Å². The number of amides is 2. The summed E-state index contributed by atoms with van der Waals surface area (Å²) in [5.74, 6) is 1.62. The highest BCUT2D eigenvalue weighted by Crippen LogP contribution is 2.32. The largest absolute Gasteiger partial charge is 0.439 e. The molecule has 1 aromatic carbocycles. The number of aromatic nitrogens is 5. The minimum Gasteiger partial charge on any atom is -0.439 e. The van der Waals surface area contributed by atoms with Crippen molar-refractivity contribution >= 4 is 28.7 Å². The van der Waals surface area contributed by atoms with E-state index < -0.39 is 0 Å². The zero-order valence-corrected chi connectivity index (χ0v) is 19.4. The van der Waals surface area contributed by atoms with Gasteiger partial charge in [0.2, 0.25) is 11.8 Å². The molecule has 0 aliphatic carbocycles. The van der Waals surface area contributed by atoms with Crippen LogP contribution in [0.25, 0.3) is 10.9 Å². The van der Waals surface area contributed by atoms with Gasteiger partial charge in [0, 0.05) is 48.9 Å². The highest BCUT2D eigenvalue weighted by molar-refractivity contribution is 5.98. The number of hydrogen-bond donors (Lipinski definition) is 1. The first kappa shape index (κ1) is 21.6. The van der Waals surface area contributed by atoms with Gasteiger partial charge in [0.05, 0.1) is 17.8 Å². The zero-order chi connectivity index (χ0) is 24.0. The van der Waals surface area contributed by atoms with Crippen LogP contribution in [0, 0.1) is 6.92 Å². The zero-order valence-electron chi connectivity index (χ0n) is 19.4. The van der Waals surface area contributed by atoms with Crippen molar-refractivity contribution in [2.45, 2.75) is 39.8 Å². The Balaban J connectivity index is 1.38. The highest BCUT2D eigenvalue weighted by Gasteiger charge is 2.28. The maximum atomic E-state index is 12.8. The Labute approximate surface area is 196 Å². The van der Waals surface area contributed by atoms with Crippen LogP contribution in [0.3, 0.4) is 0 Å². The first-order valence-electron chi connectivity index (χ1n) is 11.0. The van der Waals surface area contributed by atoms with Crippen LogP contribution in [0.2, 0.25) is 0 Å². The molecule has 0 fully saturated rings. The number of hydrogen-bond acceptors (Lipinski definition) is 6. The molecule has 0 saturated heterocycles. The van der Waals surface area contributed by atoms with E-state index in [0.717, 1.165) is 27.9 Å². The lowest BCUT2D eigenvalue weighted by Gasteiger charge is -2.33. The predicted molar refractivity (Wildman–Crippen MR) is 126 cm³/mol. The van der Waals surface area contributed by atoms with E-state index in [2.05, 4.69) is 20.4 Å². The second kappa shape index (κ2) is 8.29. The van der Waals surface area contributed by atoms with Crippen molar-refractivity contribution in [1.29, 1.82) is 0 Å². The van der Waals surface area contributed by atoms with Crippen LogP contribution in [-0.4, -0.2) is 47.2 Å². The average molecular weight is 460 g/mol. The summed E-state index contributed by atoms with van der Waals surface area (Å²) in [6, 6.07) is 8.92. The summed E-state index contributed by atoms with van der Waals surface area (Å²) in [7, 11) is 1.83. The maximum absolute atomic E-state index is 12.8. The van der Waals surface area contributed by atoms with E-state index in [1.165, 1.54) is 10.9 Å². The van der Waals surface area contributed by atoms with Gasteiger partial charge in [-0.1, -0.05) is 0 Å². The number of aryl methyl sites for hydroxylation is 2. The van der Waals surface area contributed by atoms with E-state index in [9.17, 15) is 9.59 Å². The van der Waals surface area contributed by atoms with Gasteiger partial charge in [-0.05, 0) is 44.5 Å². The maximum Gasteiger partial charge on any atom is 0.331 e. The van der Waals surface area contributed by atoms with Gasteiger partial charge in [-0.25, -0.2) is 14.8 Å². The second-order valence-electron chi connectivity index (χ2n) is 8.54. The monoisotopic (exact) mass is 459 g/mol. The van der Waals surface area contributed by atoms with E-state index in [-0.39, 0.29) is 18.0 Å². The summed E-state index contributed by atoms with van der Waals surface area (Å²) in [4.78, 5) is 35.2. The summed E-state index contributed by atoms with van der Waals surface area (Å²) in [5, 5.41) is 7.94. The predicted octanol–water partition coefficient (Wildman–Crippen LogP) is 3.64. The number of ether oxygens (including phenoxy) is 1. The molecule has 0 radical (unpaired) electrons. The SMILES string of the molecule is CC(=O)N1Cc2ncnc(Oc3ccc4c(ccn4C(=O)Nc4cc(C)n(C)n4)c3)c2C[C@@H]1C. The van der Waals surface area contributed by atoms with Gasteiger partial charge in [0.25, 0.3) is 0 Å². The van der Waals surface area contributed by atoms with Crippen LogP contribution in [0.5, 0.6) is 11.6 Å². The first-order chi connectivity index (χ1) is 16.3. The van der Waals surface area contributed by atoms with Crippen molar-refractivity contribution in [2.75, 3.05) is 5.32 Å². The summed E-state index contributed by atoms with van der Waals surface area (Å²) >= 11 is 0. The number of nitrogens with one attached hydrogen (secondary N) is 1. The quantitative estimate of drug-likeness (QED) is 0.501. The van der Waals surface area contributed by atoms with E-state index in [1.807, 2.05) is 45.2 Å². The molecule has 0 bridgehead atoms. The Bertz CT molecular complexity index is 1400. The average Bonchev–Trinajstić information content (AvgIpc) is 3.35. The Hall–Kier alpha value is -4.21. The molecule has 4 aromatic rings. The molecule has 34 heavy (non-hydrogen) atoms. The van der Waals surface area contributed by atoms with Gasteiger partial charge < -0.3 is 9.64 Å². The van der Waals surface area contributed by atoms with Crippen molar-refractivity contribution in [3.05, 3.63) is 59.8 Å². The number of rotatable bonds is 3. The van der Waals surface area contributed by atoms with E-state index >= 15 is 0 Å². The molecule has 1 aliphatic heterocycles. The van der Waals surface area contributed by atoms with E-state index in [4.69, 9.17) is 4.74 Å². The number of carbonyl (C=O) groups is 2. The van der Waals surface area contributed by atoms with Crippen LogP contribution in [-0.2, 0) is 24.8 Å². The Kier molecular flexibility index (Phi) is 5.27. The van der Waals surface area contributed by atoms with Crippen molar-refractivity contribution in [3.8, 4) is 11.6 Å². The molecule has 0 unspecified atom stereocenters. The summed E-state index contributed by atoms with van der Waals surface area (Å²) in [6.07, 6.45) is 3.79. The fourth-order valence-corrected chi connectivity index (χ4v) is 4.27. The molecule has 5 rings (SSSR count). The Morgan fingerprint density at radius 2 is 2.00 bits per heavy atom. The number of anilines is 1. The van der Waals surface area contributed by atoms with Crippen LogP contribution in [0.15, 0.2) is 42.9 Å². The molecular weight excluding hydrogens is 434 g/mol. The number of carbonyl (C=O) groups excluding carboxylic acids is 2. The number of benzene rings is 1. The summed E-state index contributed by atoms with van der Waals surface area (Å²) in [6.45, 7) is 5.94. The molecule has 174 valence electrons. The van der Waals surface area contributed by atoms with Crippen LogP contribution < -0.4 is 10.1 Å². The lowest BCUT2D eigenvalue weighted by Crippen LogP contribution is -2.41. The van der Waals surface area contributed by atoms with Gasteiger partial charge in [-0.2, -0.15) is 5.10 Å². The Morgan fingerprint density at radius 1 is 1.18 bits per heavy atom. The fraction of sp³-hybridized carbons (Fsp3) is 0.292. The van der Waals surface area contributed by atoms with Crippen LogP contribution >= 0.6 is 0 Å². The molecule has 1 atom stereocenters. The first-order valence-corrected chi connectivity index (χ1v) is 11.0. The van der Waals surface area contributed by atoms with Gasteiger partial charge in [0.1, 0.15) is 12.1 Å². The van der Waals surface area contributed by atoms with Crippen LogP contribution in [0.1, 0.15) is 30.8 Å². The lowest BCUT2D eigenvalue weighted by molar-refractivity contribution is -0.132. The van der Waals surface area contributed by atoms with Gasteiger partial charge in [-0.3, -0.25) is 19.4 Å². The lowest BCUT2D eigenvalue weighted by atomic mass is 9.99. The molecule has 10 heteroatoms. The molecular formula is C24H25N7O3. The van der Waals surface area contributed by atoms with Crippen molar-refractivity contribution < 1.29 is 14.3 Å². The minimum atomic E-state index is -0.296. The molecule has 2 amide bonds. The highest BCUT2D eigenvalue weighted by atomic mass is 16.5. The fourth-order valence-electron chi connectivity index (χ4n) is 4.27. The van der Waals surface area contributed by atoms with E-state index in [1.54, 1.807) is 28.8 Å². The number of nitrogens with zero attached hydrogens (tertiary/aromatic N) is 6. The third-order valence-corrected chi connectivity index (χ3v) is 6.20. The Morgan fingerprint density at radius 3 is 2.74 bits per heavy atom. The minimum absolute atomic E-state index is 0.0245. The molecule has 1 N–H and O–H groups in total. The molecule has 4 heterocycles. The third kappa shape index (κ3) is 3.87. The smallest absolute Gasteiger partial charge is 0.331 e. The molecule has 0 saturated carbocycles. The van der Waals surface area contributed by atoms with Crippen molar-refractivity contribution in [3.63, 3.8) is 0 Å². The van der Waals surface area contributed by atoms with Crippen LogP contribution in [0.4, 0.5) is 10.6 Å². The van der Waals surface area contributed by atoms with Crippen molar-refractivity contribution in [1.82, 2.24) is 29.2 Å².